The molecule has 0 heterocycles. The Labute approximate surface area is 94.0 Å². The maximum atomic E-state index is 12.0. The molecule has 2 nitrogen and oxygen atoms in total. The van der Waals surface area contributed by atoms with Crippen LogP contribution in [-0.4, -0.2) is 23.4 Å². The Bertz CT molecular complexity index is 207. The molecule has 1 rings (SSSR count). The first-order valence-corrected chi connectivity index (χ1v) is 6.30. The highest BCUT2D eigenvalue weighted by molar-refractivity contribution is 5.76. The normalized spacial score (nSPS) is 16.1. The van der Waals surface area contributed by atoms with Gasteiger partial charge in [0.1, 0.15) is 0 Å². The number of nitrogens with zero attached hydrogens (tertiary/aromatic N) is 1. The number of hydrogen-bond donors (Lipinski definition) is 0. The summed E-state index contributed by atoms with van der Waals surface area (Å²) in [5.41, 5.74) is 0. The topological polar surface area (TPSA) is 20.3 Å². The van der Waals surface area contributed by atoms with E-state index in [-0.39, 0.29) is 0 Å². The van der Waals surface area contributed by atoms with Gasteiger partial charge in [0.25, 0.3) is 0 Å². The van der Waals surface area contributed by atoms with Crippen molar-refractivity contribution in [1.82, 2.24) is 4.90 Å². The monoisotopic (exact) mass is 211 g/mol. The second kappa shape index (κ2) is 5.53. The van der Waals surface area contributed by atoms with E-state index in [1.807, 2.05) is 0 Å². The first-order valence-electron chi connectivity index (χ1n) is 6.30. The number of hydrogen-bond acceptors (Lipinski definition) is 1. The molecule has 0 aromatic rings. The van der Waals surface area contributed by atoms with Crippen molar-refractivity contribution in [1.29, 1.82) is 0 Å². The van der Waals surface area contributed by atoms with Gasteiger partial charge in [-0.1, -0.05) is 27.7 Å². The SMILES string of the molecule is CC(C)CCC(=O)N(CC(C)C)C1CC1. The van der Waals surface area contributed by atoms with Crippen molar-refractivity contribution in [2.24, 2.45) is 11.8 Å². The Hall–Kier alpha value is -0.530. The van der Waals surface area contributed by atoms with Gasteiger partial charge in [0.15, 0.2) is 0 Å². The summed E-state index contributed by atoms with van der Waals surface area (Å²) in [4.78, 5) is 14.1. The lowest BCUT2D eigenvalue weighted by Gasteiger charge is -2.24. The molecule has 1 fully saturated rings. The van der Waals surface area contributed by atoms with Gasteiger partial charge in [-0.15, -0.1) is 0 Å². The molecule has 0 unspecified atom stereocenters. The molecule has 88 valence electrons. The van der Waals surface area contributed by atoms with E-state index >= 15 is 0 Å². The third-order valence-electron chi connectivity index (χ3n) is 2.81. The molecule has 0 saturated heterocycles. The average Bonchev–Trinajstić information content (AvgIpc) is 2.93. The Morgan fingerprint density at radius 2 is 1.80 bits per heavy atom. The average molecular weight is 211 g/mol. The molecule has 0 aromatic heterocycles. The zero-order chi connectivity index (χ0) is 11.4. The minimum absolute atomic E-state index is 0.375. The van der Waals surface area contributed by atoms with Gasteiger partial charge >= 0.3 is 0 Å². The number of amides is 1. The van der Waals surface area contributed by atoms with Crippen LogP contribution in [-0.2, 0) is 4.79 Å². The van der Waals surface area contributed by atoms with E-state index in [1.54, 1.807) is 0 Å². The third-order valence-corrected chi connectivity index (χ3v) is 2.81. The van der Waals surface area contributed by atoms with Crippen molar-refractivity contribution < 1.29 is 4.79 Å². The van der Waals surface area contributed by atoms with E-state index in [0.29, 0.717) is 23.8 Å². The molecule has 15 heavy (non-hydrogen) atoms. The maximum Gasteiger partial charge on any atom is 0.222 e. The van der Waals surface area contributed by atoms with Crippen molar-refractivity contribution in [3.05, 3.63) is 0 Å². The minimum Gasteiger partial charge on any atom is -0.339 e. The minimum atomic E-state index is 0.375. The largest absolute Gasteiger partial charge is 0.339 e. The summed E-state index contributed by atoms with van der Waals surface area (Å²) in [6, 6.07) is 0.576. The van der Waals surface area contributed by atoms with Crippen molar-refractivity contribution >= 4 is 5.91 Å². The van der Waals surface area contributed by atoms with Crippen LogP contribution in [0.15, 0.2) is 0 Å². The zero-order valence-electron chi connectivity index (χ0n) is 10.6. The molecule has 1 aliphatic carbocycles. The number of carbonyl (C=O) groups excluding carboxylic acids is 1. The summed E-state index contributed by atoms with van der Waals surface area (Å²) in [6.07, 6.45) is 4.21. The van der Waals surface area contributed by atoms with Crippen LogP contribution in [0.1, 0.15) is 53.4 Å². The quantitative estimate of drug-likeness (QED) is 0.661. The van der Waals surface area contributed by atoms with Gasteiger partial charge in [-0.3, -0.25) is 4.79 Å². The lowest BCUT2D eigenvalue weighted by Crippen LogP contribution is -2.36. The summed E-state index contributed by atoms with van der Waals surface area (Å²) in [5.74, 6) is 1.60. The molecule has 0 atom stereocenters. The van der Waals surface area contributed by atoms with E-state index in [2.05, 4.69) is 32.6 Å². The number of carbonyl (C=O) groups is 1. The number of rotatable bonds is 6. The lowest BCUT2D eigenvalue weighted by atomic mass is 10.1. The van der Waals surface area contributed by atoms with E-state index < -0.39 is 0 Å². The molecule has 2 heteroatoms. The van der Waals surface area contributed by atoms with Crippen LogP contribution in [0.25, 0.3) is 0 Å². The fourth-order valence-corrected chi connectivity index (χ4v) is 1.79. The molecule has 0 spiro atoms. The van der Waals surface area contributed by atoms with Crippen LogP contribution < -0.4 is 0 Å². The van der Waals surface area contributed by atoms with Gasteiger partial charge in [-0.25, -0.2) is 0 Å². The van der Waals surface area contributed by atoms with Crippen molar-refractivity contribution in [2.75, 3.05) is 6.54 Å². The summed E-state index contributed by atoms with van der Waals surface area (Å²) in [5, 5.41) is 0. The van der Waals surface area contributed by atoms with Crippen molar-refractivity contribution in [3.8, 4) is 0 Å². The van der Waals surface area contributed by atoms with Crippen LogP contribution in [0.2, 0.25) is 0 Å². The van der Waals surface area contributed by atoms with Gasteiger partial charge in [0.2, 0.25) is 5.91 Å². The van der Waals surface area contributed by atoms with Crippen LogP contribution >= 0.6 is 0 Å². The van der Waals surface area contributed by atoms with Crippen molar-refractivity contribution in [2.45, 2.75) is 59.4 Å². The smallest absolute Gasteiger partial charge is 0.222 e. The molecule has 0 bridgehead atoms. The summed E-state index contributed by atoms with van der Waals surface area (Å²) in [7, 11) is 0. The third kappa shape index (κ3) is 4.67. The second-order valence-corrected chi connectivity index (χ2v) is 5.60. The molecular weight excluding hydrogens is 186 g/mol. The second-order valence-electron chi connectivity index (χ2n) is 5.60. The predicted octanol–water partition coefficient (Wildman–Crippen LogP) is 3.07. The van der Waals surface area contributed by atoms with Crippen LogP contribution in [0.5, 0.6) is 0 Å². The zero-order valence-corrected chi connectivity index (χ0v) is 10.6. The fraction of sp³-hybridized carbons (Fsp3) is 0.923. The lowest BCUT2D eigenvalue weighted by molar-refractivity contribution is -0.132. The molecule has 1 aliphatic rings. The van der Waals surface area contributed by atoms with E-state index in [9.17, 15) is 4.79 Å². The van der Waals surface area contributed by atoms with Gasteiger partial charge in [0.05, 0.1) is 0 Å². The molecule has 0 aromatic carbocycles. The molecule has 0 aliphatic heterocycles. The van der Waals surface area contributed by atoms with E-state index in [4.69, 9.17) is 0 Å². The Morgan fingerprint density at radius 1 is 1.20 bits per heavy atom. The van der Waals surface area contributed by atoms with Crippen LogP contribution in [0, 0.1) is 11.8 Å². The van der Waals surface area contributed by atoms with Crippen LogP contribution in [0.3, 0.4) is 0 Å². The van der Waals surface area contributed by atoms with Crippen molar-refractivity contribution in [3.63, 3.8) is 0 Å². The van der Waals surface area contributed by atoms with Gasteiger partial charge in [-0.2, -0.15) is 0 Å². The summed E-state index contributed by atoms with van der Waals surface area (Å²) >= 11 is 0. The summed E-state index contributed by atoms with van der Waals surface area (Å²) < 4.78 is 0. The molecule has 1 amide bonds. The molecule has 0 radical (unpaired) electrons. The molecule has 0 N–H and O–H groups in total. The van der Waals surface area contributed by atoms with Gasteiger partial charge in [-0.05, 0) is 31.1 Å². The Kier molecular flexibility index (Phi) is 4.62. The molecular formula is C13H25NO. The Balaban J connectivity index is 2.37. The highest BCUT2D eigenvalue weighted by atomic mass is 16.2. The standard InChI is InChI=1S/C13H25NO/c1-10(2)5-8-13(15)14(9-11(3)4)12-6-7-12/h10-12H,5-9H2,1-4H3. The fourth-order valence-electron chi connectivity index (χ4n) is 1.79. The van der Waals surface area contributed by atoms with E-state index in [1.165, 1.54) is 12.8 Å². The van der Waals surface area contributed by atoms with Crippen LogP contribution in [0.4, 0.5) is 0 Å². The maximum absolute atomic E-state index is 12.0. The summed E-state index contributed by atoms with van der Waals surface area (Å²) in [6.45, 7) is 9.67. The predicted molar refractivity (Wildman–Crippen MR) is 63.6 cm³/mol. The van der Waals surface area contributed by atoms with Gasteiger partial charge < -0.3 is 4.90 Å². The highest BCUT2D eigenvalue weighted by Gasteiger charge is 2.32. The first kappa shape index (κ1) is 12.5. The highest BCUT2D eigenvalue weighted by Crippen LogP contribution is 2.28. The Morgan fingerprint density at radius 3 is 2.20 bits per heavy atom. The first-order chi connectivity index (χ1) is 7.00. The van der Waals surface area contributed by atoms with Gasteiger partial charge in [0, 0.05) is 19.0 Å². The van der Waals surface area contributed by atoms with E-state index in [0.717, 1.165) is 19.4 Å². The molecule has 1 saturated carbocycles.